The molecule has 0 spiro atoms. The molecule has 0 saturated carbocycles. The summed E-state index contributed by atoms with van der Waals surface area (Å²) >= 11 is 0. The topological polar surface area (TPSA) is 69.0 Å². The lowest BCUT2D eigenvalue weighted by molar-refractivity contribution is 0.314. The summed E-state index contributed by atoms with van der Waals surface area (Å²) in [6.07, 6.45) is 0.718. The highest BCUT2D eigenvalue weighted by Crippen LogP contribution is 2.26. The molecule has 1 aliphatic rings. The molecule has 1 aliphatic heterocycles. The first-order valence-corrected chi connectivity index (χ1v) is 7.01. The van der Waals surface area contributed by atoms with Crippen LogP contribution in [0.15, 0.2) is 33.9 Å². The Morgan fingerprint density at radius 3 is 2.59 bits per heavy atom. The molecule has 1 aromatic heterocycles. The number of aromatic amines is 2. The summed E-state index contributed by atoms with van der Waals surface area (Å²) in [5, 5.41) is 0. The van der Waals surface area contributed by atoms with Gasteiger partial charge in [-0.2, -0.15) is 0 Å². The van der Waals surface area contributed by atoms with Crippen LogP contribution in [0.25, 0.3) is 0 Å². The third-order valence-electron chi connectivity index (χ3n) is 3.94. The molecule has 0 radical (unpaired) electrons. The molecule has 116 valence electrons. The maximum atomic E-state index is 13.7. The molecule has 5 nitrogen and oxygen atoms in total. The minimum absolute atomic E-state index is 0.0233. The number of nitrogens with one attached hydrogen (secondary N) is 2. The van der Waals surface area contributed by atoms with Crippen LogP contribution in [0.5, 0.6) is 0 Å². The molecule has 2 N–H and O–H groups in total. The molecule has 0 amide bonds. The molecule has 0 bridgehead atoms. The average Bonchev–Trinajstić information content (AvgIpc) is 2.91. The van der Waals surface area contributed by atoms with Gasteiger partial charge in [-0.25, -0.2) is 13.6 Å². The molecule has 2 aromatic rings. The minimum Gasteiger partial charge on any atom is -0.311 e. The Kier molecular flexibility index (Phi) is 3.89. The van der Waals surface area contributed by atoms with Crippen LogP contribution in [-0.4, -0.2) is 28.0 Å². The van der Waals surface area contributed by atoms with E-state index in [2.05, 4.69) is 9.97 Å². The van der Waals surface area contributed by atoms with Gasteiger partial charge in [0.1, 0.15) is 11.6 Å². The average molecular weight is 307 g/mol. The predicted octanol–water partition coefficient (Wildman–Crippen LogP) is 1.33. The molecule has 2 heterocycles. The summed E-state index contributed by atoms with van der Waals surface area (Å²) in [4.78, 5) is 29.3. The fraction of sp³-hybridized carbons (Fsp3) is 0.333. The third-order valence-corrected chi connectivity index (χ3v) is 3.94. The number of halogens is 2. The van der Waals surface area contributed by atoms with E-state index in [-0.39, 0.29) is 18.0 Å². The van der Waals surface area contributed by atoms with E-state index in [4.69, 9.17) is 0 Å². The Balaban J connectivity index is 1.75. The van der Waals surface area contributed by atoms with Gasteiger partial charge >= 0.3 is 5.69 Å². The Morgan fingerprint density at radius 2 is 1.91 bits per heavy atom. The fourth-order valence-electron chi connectivity index (χ4n) is 2.84. The van der Waals surface area contributed by atoms with E-state index in [1.54, 1.807) is 0 Å². The van der Waals surface area contributed by atoms with Gasteiger partial charge in [-0.1, -0.05) is 6.07 Å². The fourth-order valence-corrected chi connectivity index (χ4v) is 2.84. The highest BCUT2D eigenvalue weighted by molar-refractivity contribution is 5.20. The molecule has 1 fully saturated rings. The van der Waals surface area contributed by atoms with Gasteiger partial charge in [-0.15, -0.1) is 0 Å². The number of benzene rings is 1. The number of likely N-dealkylation sites (tertiary alicyclic amines) is 1. The lowest BCUT2D eigenvalue weighted by Gasteiger charge is -2.17. The highest BCUT2D eigenvalue weighted by atomic mass is 19.1. The maximum Gasteiger partial charge on any atom is 0.325 e. The summed E-state index contributed by atoms with van der Waals surface area (Å²) in [5.74, 6) is -1.15. The van der Waals surface area contributed by atoms with Crippen LogP contribution < -0.4 is 11.2 Å². The molecule has 1 aromatic carbocycles. The molecule has 1 atom stereocenters. The van der Waals surface area contributed by atoms with Crippen molar-refractivity contribution in [2.24, 2.45) is 0 Å². The zero-order valence-electron chi connectivity index (χ0n) is 11.7. The number of H-pyrrole nitrogens is 2. The second-order valence-corrected chi connectivity index (χ2v) is 5.46. The van der Waals surface area contributed by atoms with Crippen LogP contribution in [0.4, 0.5) is 8.78 Å². The molecule has 7 heteroatoms. The second-order valence-electron chi connectivity index (χ2n) is 5.46. The lowest BCUT2D eigenvalue weighted by Crippen LogP contribution is -2.25. The van der Waals surface area contributed by atoms with Crippen molar-refractivity contribution in [1.82, 2.24) is 14.9 Å². The molecule has 22 heavy (non-hydrogen) atoms. The van der Waals surface area contributed by atoms with Crippen LogP contribution in [0.2, 0.25) is 0 Å². The Labute approximate surface area is 124 Å². The summed E-state index contributed by atoms with van der Waals surface area (Å²) in [7, 11) is 0. The number of rotatable bonds is 3. The molecular formula is C15H15F2N3O2. The van der Waals surface area contributed by atoms with E-state index in [0.717, 1.165) is 6.42 Å². The normalized spacial score (nSPS) is 18.7. The maximum absolute atomic E-state index is 13.7. The van der Waals surface area contributed by atoms with Crippen molar-refractivity contribution < 1.29 is 8.78 Å². The first-order chi connectivity index (χ1) is 10.5. The van der Waals surface area contributed by atoms with Crippen molar-refractivity contribution in [2.45, 2.75) is 18.9 Å². The zero-order chi connectivity index (χ0) is 15.7. The van der Waals surface area contributed by atoms with Gasteiger partial charge in [-0.3, -0.25) is 14.7 Å². The van der Waals surface area contributed by atoms with Crippen molar-refractivity contribution in [2.75, 3.05) is 13.1 Å². The SMILES string of the molecule is O=c1cc(C2CCN(Cc3c(F)cccc3F)C2)[nH]c(=O)[nH]1. The highest BCUT2D eigenvalue weighted by Gasteiger charge is 2.26. The predicted molar refractivity (Wildman–Crippen MR) is 76.7 cm³/mol. The number of nitrogens with zero attached hydrogens (tertiary/aromatic N) is 1. The first-order valence-electron chi connectivity index (χ1n) is 7.01. The van der Waals surface area contributed by atoms with Crippen LogP contribution in [0.3, 0.4) is 0 Å². The Morgan fingerprint density at radius 1 is 1.18 bits per heavy atom. The van der Waals surface area contributed by atoms with E-state index in [1.165, 1.54) is 24.3 Å². The number of aromatic nitrogens is 2. The smallest absolute Gasteiger partial charge is 0.311 e. The van der Waals surface area contributed by atoms with Gasteiger partial charge in [0.05, 0.1) is 0 Å². The lowest BCUT2D eigenvalue weighted by atomic mass is 10.1. The van der Waals surface area contributed by atoms with Gasteiger partial charge < -0.3 is 4.98 Å². The van der Waals surface area contributed by atoms with Crippen LogP contribution in [-0.2, 0) is 6.54 Å². The van der Waals surface area contributed by atoms with E-state index in [1.807, 2.05) is 4.90 Å². The summed E-state index contributed by atoms with van der Waals surface area (Å²) in [5.41, 5.74) is -0.383. The van der Waals surface area contributed by atoms with Crippen molar-refractivity contribution in [3.05, 3.63) is 68.0 Å². The molecular weight excluding hydrogens is 292 g/mol. The van der Waals surface area contributed by atoms with Gasteiger partial charge in [0.25, 0.3) is 5.56 Å². The van der Waals surface area contributed by atoms with Crippen molar-refractivity contribution in [3.8, 4) is 0 Å². The van der Waals surface area contributed by atoms with E-state index < -0.39 is 22.9 Å². The Bertz CT molecular complexity index is 751. The monoisotopic (exact) mass is 307 g/mol. The van der Waals surface area contributed by atoms with E-state index >= 15 is 0 Å². The summed E-state index contributed by atoms with van der Waals surface area (Å²) in [6, 6.07) is 5.17. The zero-order valence-corrected chi connectivity index (χ0v) is 11.7. The molecule has 1 saturated heterocycles. The van der Waals surface area contributed by atoms with E-state index in [9.17, 15) is 18.4 Å². The minimum atomic E-state index is -0.562. The summed E-state index contributed by atoms with van der Waals surface area (Å²) < 4.78 is 27.3. The Hall–Kier alpha value is -2.28. The van der Waals surface area contributed by atoms with Crippen molar-refractivity contribution in [1.29, 1.82) is 0 Å². The second kappa shape index (κ2) is 5.84. The van der Waals surface area contributed by atoms with Gasteiger partial charge in [-0.05, 0) is 25.1 Å². The third kappa shape index (κ3) is 2.99. The van der Waals surface area contributed by atoms with Gasteiger partial charge in [0, 0.05) is 36.3 Å². The van der Waals surface area contributed by atoms with E-state index in [0.29, 0.717) is 18.8 Å². The molecule has 3 rings (SSSR count). The quantitative estimate of drug-likeness (QED) is 0.899. The molecule has 0 aliphatic carbocycles. The summed E-state index contributed by atoms with van der Waals surface area (Å²) in [6.45, 7) is 1.35. The first kappa shape index (κ1) is 14.6. The van der Waals surface area contributed by atoms with Gasteiger partial charge in [0.2, 0.25) is 0 Å². The standard InChI is InChI=1S/C15H15F2N3O2/c16-11-2-1-3-12(17)10(11)8-20-5-4-9(7-20)13-6-14(21)19-15(22)18-13/h1-3,6,9H,4-5,7-8H2,(H2,18,19,21,22). The van der Waals surface area contributed by atoms with Gasteiger partial charge in [0.15, 0.2) is 0 Å². The number of hydrogen-bond acceptors (Lipinski definition) is 3. The van der Waals surface area contributed by atoms with Crippen LogP contribution >= 0.6 is 0 Å². The van der Waals surface area contributed by atoms with Crippen molar-refractivity contribution in [3.63, 3.8) is 0 Å². The van der Waals surface area contributed by atoms with Crippen LogP contribution in [0.1, 0.15) is 23.6 Å². The van der Waals surface area contributed by atoms with Crippen LogP contribution in [0, 0.1) is 11.6 Å². The number of hydrogen-bond donors (Lipinski definition) is 2. The largest absolute Gasteiger partial charge is 0.325 e. The molecule has 1 unspecified atom stereocenters. The van der Waals surface area contributed by atoms with Crippen molar-refractivity contribution >= 4 is 0 Å².